The van der Waals surface area contributed by atoms with E-state index >= 15 is 0 Å². The van der Waals surface area contributed by atoms with E-state index in [-0.39, 0.29) is 18.1 Å². The number of esters is 1. The summed E-state index contributed by atoms with van der Waals surface area (Å²) in [5, 5.41) is 3.08. The van der Waals surface area contributed by atoms with Crippen LogP contribution in [-0.2, 0) is 14.3 Å². The lowest BCUT2D eigenvalue weighted by Gasteiger charge is -2.21. The van der Waals surface area contributed by atoms with Crippen molar-refractivity contribution in [2.45, 2.75) is 44.9 Å². The van der Waals surface area contributed by atoms with E-state index in [2.05, 4.69) is 5.32 Å². The highest BCUT2D eigenvalue weighted by Crippen LogP contribution is 2.15. The minimum Gasteiger partial charge on any atom is -0.459 e. The number of hydrogen-bond acceptors (Lipinski definition) is 4. The second kappa shape index (κ2) is 4.28. The van der Waals surface area contributed by atoms with Gasteiger partial charge in [0, 0.05) is 20.1 Å². The van der Waals surface area contributed by atoms with Gasteiger partial charge in [0.2, 0.25) is 0 Å². The lowest BCUT2D eigenvalue weighted by molar-refractivity contribution is -0.157. The third kappa shape index (κ3) is 3.27. The zero-order chi connectivity index (χ0) is 10.8. The molecule has 1 rings (SSSR count). The highest BCUT2D eigenvalue weighted by molar-refractivity contribution is 5.76. The summed E-state index contributed by atoms with van der Waals surface area (Å²) in [7, 11) is 1.66. The molecule has 1 aliphatic heterocycles. The number of methoxy groups -OCH3 is 1. The molecule has 82 valence electrons. The molecule has 0 unspecified atom stereocenters. The van der Waals surface area contributed by atoms with Crippen LogP contribution in [0.25, 0.3) is 0 Å². The Hall–Kier alpha value is -0.610. The van der Waals surface area contributed by atoms with E-state index in [0.717, 1.165) is 6.54 Å². The highest BCUT2D eigenvalue weighted by atomic mass is 16.6. The van der Waals surface area contributed by atoms with Gasteiger partial charge in [-0.1, -0.05) is 0 Å². The van der Waals surface area contributed by atoms with Gasteiger partial charge in [0.15, 0.2) is 0 Å². The Balaban J connectivity index is 2.40. The molecule has 1 aliphatic rings. The summed E-state index contributed by atoms with van der Waals surface area (Å²) in [6.07, 6.45) is 0.832. The molecule has 0 radical (unpaired) electrons. The largest absolute Gasteiger partial charge is 0.459 e. The molecule has 2 atom stereocenters. The summed E-state index contributed by atoms with van der Waals surface area (Å²) in [6, 6.07) is -0.209. The molecule has 1 heterocycles. The summed E-state index contributed by atoms with van der Waals surface area (Å²) < 4.78 is 10.4. The fourth-order valence-electron chi connectivity index (χ4n) is 1.44. The van der Waals surface area contributed by atoms with Crippen LogP contribution >= 0.6 is 0 Å². The summed E-state index contributed by atoms with van der Waals surface area (Å²) in [4.78, 5) is 11.6. The van der Waals surface area contributed by atoms with Crippen LogP contribution in [-0.4, -0.2) is 37.4 Å². The van der Waals surface area contributed by atoms with Gasteiger partial charge < -0.3 is 14.8 Å². The predicted molar refractivity (Wildman–Crippen MR) is 53.0 cm³/mol. The Bertz CT molecular complexity index is 210. The Labute approximate surface area is 85.0 Å². The molecule has 0 spiro atoms. The summed E-state index contributed by atoms with van der Waals surface area (Å²) >= 11 is 0. The monoisotopic (exact) mass is 201 g/mol. The third-order valence-corrected chi connectivity index (χ3v) is 2.12. The van der Waals surface area contributed by atoms with E-state index in [1.807, 2.05) is 20.8 Å². The molecule has 0 aromatic heterocycles. The summed E-state index contributed by atoms with van der Waals surface area (Å²) in [5.74, 6) is -0.183. The average molecular weight is 201 g/mol. The van der Waals surface area contributed by atoms with Gasteiger partial charge in [-0.15, -0.1) is 0 Å². The molecule has 4 nitrogen and oxygen atoms in total. The van der Waals surface area contributed by atoms with Gasteiger partial charge in [0.1, 0.15) is 11.6 Å². The maximum atomic E-state index is 11.6. The van der Waals surface area contributed by atoms with Crippen LogP contribution < -0.4 is 5.32 Å². The van der Waals surface area contributed by atoms with Crippen LogP contribution in [0.3, 0.4) is 0 Å². The first kappa shape index (κ1) is 11.5. The zero-order valence-corrected chi connectivity index (χ0v) is 9.29. The number of rotatable bonds is 2. The fourth-order valence-corrected chi connectivity index (χ4v) is 1.44. The molecule has 0 saturated carbocycles. The average Bonchev–Trinajstić information content (AvgIpc) is 2.48. The first-order valence-electron chi connectivity index (χ1n) is 4.91. The molecule has 1 saturated heterocycles. The van der Waals surface area contributed by atoms with Gasteiger partial charge in [0.25, 0.3) is 0 Å². The fraction of sp³-hybridized carbons (Fsp3) is 0.900. The van der Waals surface area contributed by atoms with Crippen LogP contribution in [0.2, 0.25) is 0 Å². The van der Waals surface area contributed by atoms with Crippen molar-refractivity contribution in [2.24, 2.45) is 0 Å². The second-order valence-electron chi connectivity index (χ2n) is 4.59. The van der Waals surface area contributed by atoms with Crippen molar-refractivity contribution < 1.29 is 14.3 Å². The van der Waals surface area contributed by atoms with Crippen LogP contribution in [0.15, 0.2) is 0 Å². The number of ether oxygens (including phenoxy) is 2. The second-order valence-corrected chi connectivity index (χ2v) is 4.59. The van der Waals surface area contributed by atoms with Crippen molar-refractivity contribution in [1.82, 2.24) is 5.32 Å². The molecule has 0 aromatic carbocycles. The molecule has 0 aliphatic carbocycles. The summed E-state index contributed by atoms with van der Waals surface area (Å²) in [5.41, 5.74) is -0.413. The first-order chi connectivity index (χ1) is 6.42. The topological polar surface area (TPSA) is 47.6 Å². The predicted octanol–water partition coefficient (Wildman–Crippen LogP) is 0.705. The van der Waals surface area contributed by atoms with E-state index in [1.54, 1.807) is 7.11 Å². The Morgan fingerprint density at radius 1 is 1.43 bits per heavy atom. The van der Waals surface area contributed by atoms with Gasteiger partial charge >= 0.3 is 5.97 Å². The number of carbonyl (C=O) groups is 1. The molecular formula is C10H19NO3. The minimum absolute atomic E-state index is 0.132. The van der Waals surface area contributed by atoms with Gasteiger partial charge in [-0.3, -0.25) is 4.79 Å². The van der Waals surface area contributed by atoms with E-state index < -0.39 is 5.60 Å². The minimum atomic E-state index is -0.413. The van der Waals surface area contributed by atoms with Crippen molar-refractivity contribution >= 4 is 5.97 Å². The van der Waals surface area contributed by atoms with Crippen molar-refractivity contribution in [2.75, 3.05) is 13.7 Å². The van der Waals surface area contributed by atoms with Crippen LogP contribution in [0.1, 0.15) is 27.2 Å². The van der Waals surface area contributed by atoms with Crippen LogP contribution in [0, 0.1) is 0 Å². The third-order valence-electron chi connectivity index (χ3n) is 2.12. The molecule has 4 heteroatoms. The maximum absolute atomic E-state index is 11.6. The molecule has 14 heavy (non-hydrogen) atoms. The zero-order valence-electron chi connectivity index (χ0n) is 9.29. The highest BCUT2D eigenvalue weighted by Gasteiger charge is 2.32. The Kier molecular flexibility index (Phi) is 3.50. The van der Waals surface area contributed by atoms with Gasteiger partial charge in [-0.05, 0) is 20.8 Å². The van der Waals surface area contributed by atoms with Gasteiger partial charge in [-0.25, -0.2) is 0 Å². The SMILES string of the molecule is CO[C@@H]1CN[C@H](C(=O)OC(C)(C)C)C1. The number of nitrogens with one attached hydrogen (secondary N) is 1. The molecule has 1 fully saturated rings. The van der Waals surface area contributed by atoms with Crippen LogP contribution in [0.4, 0.5) is 0 Å². The van der Waals surface area contributed by atoms with Crippen molar-refractivity contribution in [3.05, 3.63) is 0 Å². The quantitative estimate of drug-likeness (QED) is 0.668. The lowest BCUT2D eigenvalue weighted by Crippen LogP contribution is -2.37. The van der Waals surface area contributed by atoms with Crippen molar-refractivity contribution in [1.29, 1.82) is 0 Å². The molecule has 0 aromatic rings. The van der Waals surface area contributed by atoms with E-state index in [0.29, 0.717) is 6.42 Å². The lowest BCUT2D eigenvalue weighted by atomic mass is 10.1. The molecular weight excluding hydrogens is 182 g/mol. The first-order valence-corrected chi connectivity index (χ1v) is 4.91. The van der Waals surface area contributed by atoms with Crippen LogP contribution in [0.5, 0.6) is 0 Å². The van der Waals surface area contributed by atoms with Gasteiger partial charge in [-0.2, -0.15) is 0 Å². The Morgan fingerprint density at radius 2 is 2.07 bits per heavy atom. The molecule has 0 bridgehead atoms. The molecule has 1 N–H and O–H groups in total. The number of carbonyl (C=O) groups excluding carboxylic acids is 1. The number of hydrogen-bond donors (Lipinski definition) is 1. The normalized spacial score (nSPS) is 27.7. The smallest absolute Gasteiger partial charge is 0.323 e. The maximum Gasteiger partial charge on any atom is 0.323 e. The standard InChI is InChI=1S/C10H19NO3/c1-10(2,3)14-9(12)8-5-7(13-4)6-11-8/h7-8,11H,5-6H2,1-4H3/t7-,8-/m0/s1. The van der Waals surface area contributed by atoms with Gasteiger partial charge in [0.05, 0.1) is 6.10 Å². The summed E-state index contributed by atoms with van der Waals surface area (Å²) in [6.45, 7) is 6.33. The van der Waals surface area contributed by atoms with E-state index in [9.17, 15) is 4.79 Å². The Morgan fingerprint density at radius 3 is 2.50 bits per heavy atom. The van der Waals surface area contributed by atoms with E-state index in [1.165, 1.54) is 0 Å². The van der Waals surface area contributed by atoms with Crippen molar-refractivity contribution in [3.8, 4) is 0 Å². The van der Waals surface area contributed by atoms with E-state index in [4.69, 9.17) is 9.47 Å². The molecule has 0 amide bonds. The van der Waals surface area contributed by atoms with Crippen molar-refractivity contribution in [3.63, 3.8) is 0 Å².